The van der Waals surface area contributed by atoms with Crippen LogP contribution in [0.15, 0.2) is 23.1 Å². The van der Waals surface area contributed by atoms with E-state index in [1.54, 1.807) is 19.9 Å². The molecule has 88 valence electrons. The van der Waals surface area contributed by atoms with Gasteiger partial charge in [0.05, 0.1) is 10.1 Å². The zero-order valence-corrected chi connectivity index (χ0v) is 10.5. The normalized spacial score (nSPS) is 15.7. The Kier molecular flexibility index (Phi) is 2.93. The zero-order valence-electron chi connectivity index (χ0n) is 9.66. The Labute approximate surface area is 96.8 Å². The second kappa shape index (κ2) is 4.09. The van der Waals surface area contributed by atoms with Crippen molar-refractivity contribution in [2.75, 3.05) is 11.9 Å². The molecule has 0 radical (unpaired) electrons. The summed E-state index contributed by atoms with van der Waals surface area (Å²) in [5, 5.41) is 2.92. The minimum absolute atomic E-state index is 0.359. The maximum atomic E-state index is 12.0. The minimum atomic E-state index is -3.14. The van der Waals surface area contributed by atoms with Gasteiger partial charge in [-0.3, -0.25) is 0 Å². The Bertz CT molecular complexity index is 492. The first-order valence-corrected chi connectivity index (χ1v) is 7.17. The number of anilines is 1. The van der Waals surface area contributed by atoms with E-state index < -0.39 is 9.84 Å². The highest BCUT2D eigenvalue weighted by molar-refractivity contribution is 7.92. The summed E-state index contributed by atoms with van der Waals surface area (Å²) in [6, 6.07) is 5.40. The fraction of sp³-hybridized carbons (Fsp3) is 0.500. The van der Waals surface area contributed by atoms with Gasteiger partial charge < -0.3 is 5.32 Å². The van der Waals surface area contributed by atoms with Crippen molar-refractivity contribution in [1.29, 1.82) is 0 Å². The molecule has 0 aliphatic carbocycles. The average molecular weight is 239 g/mol. The molecule has 1 aliphatic heterocycles. The molecular formula is C12H17NO2S. The van der Waals surface area contributed by atoms with E-state index in [0.29, 0.717) is 4.90 Å². The molecule has 0 unspecified atom stereocenters. The van der Waals surface area contributed by atoms with Gasteiger partial charge in [0.2, 0.25) is 0 Å². The molecule has 16 heavy (non-hydrogen) atoms. The zero-order chi connectivity index (χ0) is 11.8. The Morgan fingerprint density at radius 3 is 2.75 bits per heavy atom. The van der Waals surface area contributed by atoms with Crippen LogP contribution in [0.3, 0.4) is 0 Å². The summed E-state index contributed by atoms with van der Waals surface area (Å²) in [5.74, 6) is 0. The highest BCUT2D eigenvalue weighted by atomic mass is 32.2. The molecule has 0 amide bonds. The second-order valence-electron chi connectivity index (χ2n) is 4.44. The molecular weight excluding hydrogens is 222 g/mol. The van der Waals surface area contributed by atoms with E-state index in [9.17, 15) is 8.42 Å². The SMILES string of the molecule is CC(C)S(=O)(=O)c1ccc2c(c1)CCCN2. The predicted octanol–water partition coefficient (Wildman–Crippen LogP) is 2.23. The van der Waals surface area contributed by atoms with Crippen molar-refractivity contribution in [2.24, 2.45) is 0 Å². The van der Waals surface area contributed by atoms with Crippen molar-refractivity contribution in [3.8, 4) is 0 Å². The van der Waals surface area contributed by atoms with Gasteiger partial charge >= 0.3 is 0 Å². The lowest BCUT2D eigenvalue weighted by atomic mass is 10.0. The lowest BCUT2D eigenvalue weighted by molar-refractivity contribution is 0.587. The number of hydrogen-bond acceptors (Lipinski definition) is 3. The van der Waals surface area contributed by atoms with Crippen molar-refractivity contribution in [2.45, 2.75) is 36.8 Å². The third kappa shape index (κ3) is 1.94. The smallest absolute Gasteiger partial charge is 0.180 e. The van der Waals surface area contributed by atoms with Gasteiger partial charge in [-0.15, -0.1) is 0 Å². The lowest BCUT2D eigenvalue weighted by Crippen LogP contribution is -2.16. The summed E-state index contributed by atoms with van der Waals surface area (Å²) in [7, 11) is -3.14. The third-order valence-corrected chi connectivity index (χ3v) is 5.12. The maximum Gasteiger partial charge on any atom is 0.180 e. The van der Waals surface area contributed by atoms with Crippen LogP contribution in [0.25, 0.3) is 0 Å². The Hall–Kier alpha value is -1.03. The number of hydrogen-bond donors (Lipinski definition) is 1. The van der Waals surface area contributed by atoms with Crippen LogP contribution in [-0.2, 0) is 16.3 Å². The van der Waals surface area contributed by atoms with Crippen molar-refractivity contribution in [3.05, 3.63) is 23.8 Å². The van der Waals surface area contributed by atoms with E-state index in [1.165, 1.54) is 0 Å². The van der Waals surface area contributed by atoms with Crippen LogP contribution in [-0.4, -0.2) is 20.2 Å². The minimum Gasteiger partial charge on any atom is -0.385 e. The van der Waals surface area contributed by atoms with Gasteiger partial charge in [-0.2, -0.15) is 0 Å². The third-order valence-electron chi connectivity index (χ3n) is 2.96. The van der Waals surface area contributed by atoms with Gasteiger partial charge in [-0.25, -0.2) is 8.42 Å². The first-order chi connectivity index (χ1) is 7.51. The van der Waals surface area contributed by atoms with Gasteiger partial charge in [0, 0.05) is 12.2 Å². The van der Waals surface area contributed by atoms with Gasteiger partial charge in [0.1, 0.15) is 0 Å². The summed E-state index contributed by atoms with van der Waals surface area (Å²) in [6.07, 6.45) is 2.03. The molecule has 0 spiro atoms. The van der Waals surface area contributed by atoms with Crippen molar-refractivity contribution in [3.63, 3.8) is 0 Å². The highest BCUT2D eigenvalue weighted by Gasteiger charge is 2.20. The summed E-state index contributed by atoms with van der Waals surface area (Å²) in [5.41, 5.74) is 2.20. The van der Waals surface area contributed by atoms with Crippen LogP contribution < -0.4 is 5.32 Å². The van der Waals surface area contributed by atoms with E-state index in [1.807, 2.05) is 12.1 Å². The number of rotatable bonds is 2. The summed E-state index contributed by atoms with van der Waals surface area (Å²) in [4.78, 5) is 0.449. The molecule has 0 fully saturated rings. The van der Waals surface area contributed by atoms with E-state index in [0.717, 1.165) is 30.6 Å². The first-order valence-electron chi connectivity index (χ1n) is 5.62. The summed E-state index contributed by atoms with van der Waals surface area (Å²) >= 11 is 0. The van der Waals surface area contributed by atoms with Crippen molar-refractivity contribution in [1.82, 2.24) is 0 Å². The van der Waals surface area contributed by atoms with Crippen molar-refractivity contribution < 1.29 is 8.42 Å². The standard InChI is InChI=1S/C12H17NO2S/c1-9(2)16(14,15)11-5-6-12-10(8-11)4-3-7-13-12/h5-6,8-9,13H,3-4,7H2,1-2H3. The molecule has 0 saturated heterocycles. The molecule has 4 heteroatoms. The van der Waals surface area contributed by atoms with E-state index in [-0.39, 0.29) is 5.25 Å². The average Bonchev–Trinajstić information content (AvgIpc) is 2.28. The molecule has 1 aliphatic rings. The van der Waals surface area contributed by atoms with E-state index >= 15 is 0 Å². The Balaban J connectivity index is 2.45. The fourth-order valence-electron chi connectivity index (χ4n) is 1.90. The quantitative estimate of drug-likeness (QED) is 0.860. The van der Waals surface area contributed by atoms with Gasteiger partial charge in [0.15, 0.2) is 9.84 Å². The monoisotopic (exact) mass is 239 g/mol. The molecule has 2 rings (SSSR count). The van der Waals surface area contributed by atoms with Gasteiger partial charge in [-0.1, -0.05) is 0 Å². The molecule has 3 nitrogen and oxygen atoms in total. The van der Waals surface area contributed by atoms with Crippen molar-refractivity contribution >= 4 is 15.5 Å². The summed E-state index contributed by atoms with van der Waals surface area (Å²) < 4.78 is 24.0. The molecule has 0 bridgehead atoms. The predicted molar refractivity (Wildman–Crippen MR) is 65.6 cm³/mol. The summed E-state index contributed by atoms with van der Waals surface area (Å²) in [6.45, 7) is 4.41. The molecule has 1 aromatic rings. The van der Waals surface area contributed by atoms with Crippen LogP contribution in [0, 0.1) is 0 Å². The number of benzene rings is 1. The topological polar surface area (TPSA) is 46.2 Å². The molecule has 1 aromatic carbocycles. The molecule has 0 saturated carbocycles. The van der Waals surface area contributed by atoms with Crippen LogP contribution >= 0.6 is 0 Å². The highest BCUT2D eigenvalue weighted by Crippen LogP contribution is 2.26. The number of fused-ring (bicyclic) bond motifs is 1. The van der Waals surface area contributed by atoms with Gasteiger partial charge in [0.25, 0.3) is 0 Å². The number of sulfone groups is 1. The fourth-order valence-corrected chi connectivity index (χ4v) is 3.01. The van der Waals surface area contributed by atoms with Crippen LogP contribution in [0.1, 0.15) is 25.8 Å². The Morgan fingerprint density at radius 2 is 2.06 bits per heavy atom. The molecule has 0 aromatic heterocycles. The van der Waals surface area contributed by atoms with Crippen LogP contribution in [0.5, 0.6) is 0 Å². The van der Waals surface area contributed by atoms with E-state index in [4.69, 9.17) is 0 Å². The number of aryl methyl sites for hydroxylation is 1. The van der Waals surface area contributed by atoms with Crippen LogP contribution in [0.2, 0.25) is 0 Å². The molecule has 1 N–H and O–H groups in total. The lowest BCUT2D eigenvalue weighted by Gasteiger charge is -2.19. The van der Waals surface area contributed by atoms with Crippen LogP contribution in [0.4, 0.5) is 5.69 Å². The van der Waals surface area contributed by atoms with E-state index in [2.05, 4.69) is 5.32 Å². The maximum absolute atomic E-state index is 12.0. The Morgan fingerprint density at radius 1 is 1.31 bits per heavy atom. The first kappa shape index (κ1) is 11.5. The number of nitrogens with one attached hydrogen (secondary N) is 1. The largest absolute Gasteiger partial charge is 0.385 e. The van der Waals surface area contributed by atoms with Gasteiger partial charge in [-0.05, 0) is 50.5 Å². The molecule has 0 atom stereocenters. The second-order valence-corrected chi connectivity index (χ2v) is 6.95. The molecule has 1 heterocycles.